The molecule has 0 radical (unpaired) electrons. The molecule has 0 atom stereocenters. The summed E-state index contributed by atoms with van der Waals surface area (Å²) >= 11 is 0. The van der Waals surface area contributed by atoms with Crippen LogP contribution in [0.4, 0.5) is 0 Å². The summed E-state index contributed by atoms with van der Waals surface area (Å²) in [6.07, 6.45) is 1.19. The smallest absolute Gasteiger partial charge is 0.170 e. The first-order valence-corrected chi connectivity index (χ1v) is 33.1. The summed E-state index contributed by atoms with van der Waals surface area (Å²) in [5, 5.41) is 52.5. The number of nitriles is 4. The van der Waals surface area contributed by atoms with Gasteiger partial charge in [0, 0.05) is 5.41 Å². The predicted octanol–water partition coefficient (Wildman–Crippen LogP) is 23.8. The molecule has 484 valence electrons. The largest absolute Gasteiger partial charge is 0.456 e. The van der Waals surface area contributed by atoms with E-state index in [4.69, 9.17) is 37.9 Å². The molecule has 0 amide bonds. The fourth-order valence-corrected chi connectivity index (χ4v) is 14.7. The van der Waals surface area contributed by atoms with Crippen LogP contribution in [0, 0.1) is 45.3 Å². The Morgan fingerprint density at radius 1 is 0.228 bits per heavy atom. The summed E-state index contributed by atoms with van der Waals surface area (Å²) in [7, 11) is 0. The number of benzene rings is 14. The molecule has 1 spiro atoms. The van der Waals surface area contributed by atoms with Gasteiger partial charge < -0.3 is 37.9 Å². The lowest BCUT2D eigenvalue weighted by atomic mass is 9.72. The fraction of sp³-hybridized carbons (Fsp3) is 0.101. The first-order chi connectivity index (χ1) is 49.2. The molecule has 14 aromatic carbocycles. The van der Waals surface area contributed by atoms with Crippen LogP contribution in [0.3, 0.4) is 0 Å². The van der Waals surface area contributed by atoms with Gasteiger partial charge >= 0.3 is 0 Å². The van der Waals surface area contributed by atoms with Crippen molar-refractivity contribution in [3.05, 3.63) is 311 Å². The highest BCUT2D eigenvalue weighted by Crippen LogP contribution is 2.66. The van der Waals surface area contributed by atoms with Crippen molar-refractivity contribution in [3.8, 4) is 116 Å². The zero-order chi connectivity index (χ0) is 69.0. The Labute approximate surface area is 583 Å². The minimum Gasteiger partial charge on any atom is -0.456 e. The number of hydrogen-bond donors (Lipinski definition) is 0. The number of rotatable bonds is 16. The van der Waals surface area contributed by atoms with Gasteiger partial charge in [0.2, 0.25) is 0 Å². The summed E-state index contributed by atoms with van der Waals surface area (Å²) in [5.74, 6) is 5.17. The number of nitrogens with zero attached hydrogens (tertiary/aromatic N) is 4. The van der Waals surface area contributed by atoms with E-state index in [1.54, 1.807) is 72.8 Å². The van der Waals surface area contributed by atoms with Crippen molar-refractivity contribution in [1.82, 2.24) is 0 Å². The SMILES string of the molecule is CC1(C)CC2(CC(C)(C)c3cc(Oc4cccc(Oc5ccc6ccccc6c5)c4C#N)c(Oc4cccc(Oc5ccc6ccccc6c5)c4C#N)cc32)c2cc(Oc3cccc(Oc4ccc5ccccc5c4)c3C#N)c(Oc3cccc(Oc4ccc5ccccc5c4)c3C#N)cc21. The standard InChI is InChI=1S/C89H60N4O8/c1-87(2)53-89(73-47-85(100-81-31-15-27-77(69(81)51-92)96-65-39-35-57-19-7-11-23-61(57)43-65)83(45-71(73)87)98-79-29-13-25-75(67(79)49-90)94-63-37-33-55-17-5-9-21-59(55)41-63)54-88(3,4)72-46-84(99-80-30-14-26-76(68(80)50-91)95-64-38-34-56-18-6-10-22-60(56)42-64)86(48-74(72)89)101-82-32-16-28-78(70(82)52-93)97-66-40-36-58-20-8-12-24-62(58)44-66/h5-48H,53-54H2,1-4H3. The van der Waals surface area contributed by atoms with Crippen LogP contribution in [0.25, 0.3) is 43.1 Å². The van der Waals surface area contributed by atoms with E-state index in [0.717, 1.165) is 65.3 Å². The Morgan fingerprint density at radius 3 is 0.683 bits per heavy atom. The van der Waals surface area contributed by atoms with Gasteiger partial charge in [-0.15, -0.1) is 0 Å². The van der Waals surface area contributed by atoms with E-state index in [-0.39, 0.29) is 91.2 Å². The van der Waals surface area contributed by atoms with Crippen LogP contribution >= 0.6 is 0 Å². The van der Waals surface area contributed by atoms with Gasteiger partial charge in [0.1, 0.15) is 116 Å². The predicted molar refractivity (Wildman–Crippen MR) is 390 cm³/mol. The van der Waals surface area contributed by atoms with Crippen molar-refractivity contribution in [2.24, 2.45) is 0 Å². The first-order valence-electron chi connectivity index (χ1n) is 33.1. The van der Waals surface area contributed by atoms with Gasteiger partial charge in [-0.3, -0.25) is 0 Å². The van der Waals surface area contributed by atoms with Crippen LogP contribution in [0.15, 0.2) is 267 Å². The van der Waals surface area contributed by atoms with Crippen LogP contribution in [0.1, 0.15) is 85.0 Å². The Hall–Kier alpha value is -13.5. The quantitative estimate of drug-likeness (QED) is 0.0899. The Kier molecular flexibility index (Phi) is 15.5. The third-order valence-corrected chi connectivity index (χ3v) is 19.2. The molecular formula is C89H60N4O8. The van der Waals surface area contributed by atoms with Crippen LogP contribution in [0.5, 0.6) is 92.0 Å². The lowest BCUT2D eigenvalue weighted by Crippen LogP contribution is -2.27. The first kappa shape index (κ1) is 62.3. The van der Waals surface area contributed by atoms with E-state index in [1.165, 1.54) is 0 Å². The molecule has 2 aliphatic rings. The van der Waals surface area contributed by atoms with Gasteiger partial charge in [-0.1, -0.05) is 173 Å². The van der Waals surface area contributed by atoms with Gasteiger partial charge in [-0.05, 0) is 210 Å². The van der Waals surface area contributed by atoms with E-state index >= 15 is 0 Å². The molecule has 0 bridgehead atoms. The van der Waals surface area contributed by atoms with Gasteiger partial charge in [-0.2, -0.15) is 21.0 Å². The van der Waals surface area contributed by atoms with E-state index in [9.17, 15) is 21.0 Å². The summed E-state index contributed by atoms with van der Waals surface area (Å²) in [4.78, 5) is 0. The fourth-order valence-electron chi connectivity index (χ4n) is 14.7. The van der Waals surface area contributed by atoms with Crippen LogP contribution < -0.4 is 37.9 Å². The second-order valence-corrected chi connectivity index (χ2v) is 26.7. The van der Waals surface area contributed by atoms with Gasteiger partial charge in [0.25, 0.3) is 0 Å². The number of hydrogen-bond acceptors (Lipinski definition) is 12. The molecule has 0 saturated carbocycles. The second-order valence-electron chi connectivity index (χ2n) is 26.7. The van der Waals surface area contributed by atoms with Crippen LogP contribution in [-0.2, 0) is 16.2 Å². The summed E-state index contributed by atoms with van der Waals surface area (Å²) in [5.41, 5.74) is 2.47. The zero-order valence-corrected chi connectivity index (χ0v) is 55.4. The third kappa shape index (κ3) is 11.6. The second kappa shape index (κ2) is 25.2. The highest BCUT2D eigenvalue weighted by molar-refractivity contribution is 5.87. The number of ether oxygens (including phenoxy) is 8. The topological polar surface area (TPSA) is 169 Å². The van der Waals surface area contributed by atoms with Crippen molar-refractivity contribution in [3.63, 3.8) is 0 Å². The molecule has 0 unspecified atom stereocenters. The maximum Gasteiger partial charge on any atom is 0.170 e. The molecule has 101 heavy (non-hydrogen) atoms. The molecule has 0 saturated heterocycles. The minimum absolute atomic E-state index is 0.140. The molecule has 0 heterocycles. The molecule has 14 aromatic rings. The summed E-state index contributed by atoms with van der Waals surface area (Å²) in [6.45, 7) is 8.84. The Bertz CT molecular complexity index is 5550. The Morgan fingerprint density at radius 2 is 0.446 bits per heavy atom. The van der Waals surface area contributed by atoms with E-state index < -0.39 is 16.2 Å². The van der Waals surface area contributed by atoms with E-state index in [2.05, 4.69) is 52.0 Å². The van der Waals surface area contributed by atoms with Crippen molar-refractivity contribution in [1.29, 1.82) is 21.0 Å². The van der Waals surface area contributed by atoms with Gasteiger partial charge in [0.15, 0.2) is 23.0 Å². The van der Waals surface area contributed by atoms with Crippen molar-refractivity contribution < 1.29 is 37.9 Å². The van der Waals surface area contributed by atoms with Crippen molar-refractivity contribution in [2.75, 3.05) is 0 Å². The van der Waals surface area contributed by atoms with Crippen molar-refractivity contribution >= 4 is 43.1 Å². The van der Waals surface area contributed by atoms with E-state index in [0.29, 0.717) is 35.8 Å². The molecule has 0 aliphatic heterocycles. The van der Waals surface area contributed by atoms with Crippen molar-refractivity contribution in [2.45, 2.75) is 56.8 Å². The third-order valence-electron chi connectivity index (χ3n) is 19.2. The molecule has 0 aromatic heterocycles. The van der Waals surface area contributed by atoms with Crippen LogP contribution in [-0.4, -0.2) is 0 Å². The molecule has 2 aliphatic carbocycles. The highest BCUT2D eigenvalue weighted by Gasteiger charge is 2.57. The van der Waals surface area contributed by atoms with E-state index in [1.807, 2.05) is 194 Å². The Balaban J connectivity index is 0.842. The molecule has 12 nitrogen and oxygen atoms in total. The average Bonchev–Trinajstić information content (AvgIpc) is 1.52. The number of fused-ring (bicyclic) bond motifs is 8. The van der Waals surface area contributed by atoms with Gasteiger partial charge in [0.05, 0.1) is 0 Å². The molecule has 0 fully saturated rings. The normalized spacial score (nSPS) is 13.5. The summed E-state index contributed by atoms with van der Waals surface area (Å²) in [6, 6.07) is 93.5. The average molecular weight is 1310 g/mol. The maximum absolute atomic E-state index is 11.1. The maximum atomic E-state index is 11.1. The molecule has 0 N–H and O–H groups in total. The van der Waals surface area contributed by atoms with Gasteiger partial charge in [-0.25, -0.2) is 0 Å². The lowest BCUT2D eigenvalue weighted by Gasteiger charge is -2.31. The lowest BCUT2D eigenvalue weighted by molar-refractivity contribution is 0.349. The highest BCUT2D eigenvalue weighted by atomic mass is 16.5. The zero-order valence-electron chi connectivity index (χ0n) is 55.4. The summed E-state index contributed by atoms with van der Waals surface area (Å²) < 4.78 is 54.4. The monoisotopic (exact) mass is 1310 g/mol. The van der Waals surface area contributed by atoms with Crippen LogP contribution in [0.2, 0.25) is 0 Å². The molecule has 16 rings (SSSR count). The molecule has 12 heteroatoms. The molecular weight excluding hydrogens is 1250 g/mol. The minimum atomic E-state index is -0.778.